The van der Waals surface area contributed by atoms with Crippen molar-refractivity contribution in [1.29, 1.82) is 0 Å². The van der Waals surface area contributed by atoms with Gasteiger partial charge in [0.2, 0.25) is 10.0 Å². The SMILES string of the molecule is C[C@@H]1CN(c2cc(-c3c4cc(OC5(C)CC5)ccc4nn3COCC[Si](C)(C)C)ncn2)C[C@H](C)N1S(C)(=O)=O. The average molecular weight is 587 g/mol. The second-order valence-electron chi connectivity index (χ2n) is 12.9. The van der Waals surface area contributed by atoms with Gasteiger partial charge in [-0.15, -0.1) is 0 Å². The van der Waals surface area contributed by atoms with Crippen LogP contribution in [0.25, 0.3) is 22.3 Å². The van der Waals surface area contributed by atoms with Crippen molar-refractivity contribution >= 4 is 34.8 Å². The van der Waals surface area contributed by atoms with E-state index < -0.39 is 18.1 Å². The number of aromatic nitrogens is 4. The first-order valence-electron chi connectivity index (χ1n) is 14.1. The Hall–Kier alpha value is -2.54. The fraction of sp³-hybridized carbons (Fsp3) is 0.607. The Kier molecular flexibility index (Phi) is 7.75. The second kappa shape index (κ2) is 10.7. The van der Waals surface area contributed by atoms with Gasteiger partial charge in [0.05, 0.1) is 23.2 Å². The van der Waals surface area contributed by atoms with Crippen LogP contribution in [0.3, 0.4) is 0 Å². The fourth-order valence-electron chi connectivity index (χ4n) is 5.43. The zero-order valence-electron chi connectivity index (χ0n) is 24.7. The normalized spacial score (nSPS) is 21.6. The number of rotatable bonds is 10. The molecule has 0 N–H and O–H groups in total. The summed E-state index contributed by atoms with van der Waals surface area (Å²) in [6, 6.07) is 8.73. The smallest absolute Gasteiger partial charge is 0.211 e. The van der Waals surface area contributed by atoms with E-state index in [9.17, 15) is 8.42 Å². The zero-order valence-corrected chi connectivity index (χ0v) is 26.5. The van der Waals surface area contributed by atoms with E-state index in [0.29, 0.717) is 26.4 Å². The van der Waals surface area contributed by atoms with Gasteiger partial charge in [-0.05, 0) is 57.9 Å². The Morgan fingerprint density at radius 1 is 1.07 bits per heavy atom. The third-order valence-electron chi connectivity index (χ3n) is 7.68. The van der Waals surface area contributed by atoms with Crippen molar-refractivity contribution in [3.8, 4) is 17.1 Å². The minimum absolute atomic E-state index is 0.0899. The number of nitrogens with zero attached hydrogens (tertiary/aromatic N) is 6. The first-order valence-corrected chi connectivity index (χ1v) is 19.6. The van der Waals surface area contributed by atoms with Gasteiger partial charge < -0.3 is 14.4 Å². The van der Waals surface area contributed by atoms with Crippen LogP contribution < -0.4 is 9.64 Å². The number of piperazine rings is 1. The molecule has 1 saturated carbocycles. The molecular formula is C28H42N6O4SSi. The van der Waals surface area contributed by atoms with Crippen LogP contribution in [0.5, 0.6) is 5.75 Å². The molecule has 0 amide bonds. The molecule has 1 aliphatic carbocycles. The highest BCUT2D eigenvalue weighted by Crippen LogP contribution is 2.41. The minimum Gasteiger partial charge on any atom is -0.488 e. The highest BCUT2D eigenvalue weighted by molar-refractivity contribution is 7.88. The monoisotopic (exact) mass is 586 g/mol. The molecule has 2 aromatic heterocycles. The van der Waals surface area contributed by atoms with E-state index in [1.807, 2.05) is 36.7 Å². The third kappa shape index (κ3) is 6.50. The van der Waals surface area contributed by atoms with Crippen LogP contribution in [0.4, 0.5) is 5.82 Å². The van der Waals surface area contributed by atoms with Crippen LogP contribution in [0.2, 0.25) is 25.7 Å². The molecule has 3 aromatic rings. The molecule has 2 fully saturated rings. The van der Waals surface area contributed by atoms with Crippen molar-refractivity contribution in [2.75, 3.05) is 30.9 Å². The van der Waals surface area contributed by atoms with Gasteiger partial charge in [0.1, 0.15) is 30.2 Å². The van der Waals surface area contributed by atoms with Crippen LogP contribution in [-0.2, 0) is 21.5 Å². The standard InChI is InChI=1S/C28H42N6O4SSi/c1-20-16-32(17-21(2)34(20)39(4,35)36)26-15-25(29-18-30-26)27-23-14-22(38-28(3)10-11-28)8-9-24(23)31-33(27)19-37-12-13-40(5,6)7/h8-9,14-15,18,20-21H,10-13,16-17,19H2,1-7H3/t20-,21+. The summed E-state index contributed by atoms with van der Waals surface area (Å²) in [6.07, 6.45) is 4.96. The largest absolute Gasteiger partial charge is 0.488 e. The number of fused-ring (bicyclic) bond motifs is 1. The lowest BCUT2D eigenvalue weighted by Crippen LogP contribution is -2.58. The van der Waals surface area contributed by atoms with E-state index in [-0.39, 0.29) is 17.7 Å². The molecule has 5 rings (SSSR count). The lowest BCUT2D eigenvalue weighted by molar-refractivity contribution is 0.0802. The summed E-state index contributed by atoms with van der Waals surface area (Å²) < 4.78 is 40.6. The summed E-state index contributed by atoms with van der Waals surface area (Å²) >= 11 is 0. The number of hydrogen-bond acceptors (Lipinski definition) is 8. The van der Waals surface area contributed by atoms with Gasteiger partial charge >= 0.3 is 0 Å². The van der Waals surface area contributed by atoms with E-state index in [1.165, 1.54) is 6.26 Å². The first kappa shape index (κ1) is 29.0. The van der Waals surface area contributed by atoms with Crippen LogP contribution in [0.15, 0.2) is 30.6 Å². The van der Waals surface area contributed by atoms with Gasteiger partial charge in [-0.1, -0.05) is 19.6 Å². The molecule has 1 aromatic carbocycles. The summed E-state index contributed by atoms with van der Waals surface area (Å²) in [6.45, 7) is 15.1. The maximum atomic E-state index is 12.4. The molecule has 218 valence electrons. The molecule has 12 heteroatoms. The van der Waals surface area contributed by atoms with Crippen molar-refractivity contribution in [3.63, 3.8) is 0 Å². The molecule has 40 heavy (non-hydrogen) atoms. The van der Waals surface area contributed by atoms with Crippen LogP contribution in [0.1, 0.15) is 33.6 Å². The van der Waals surface area contributed by atoms with Gasteiger partial charge in [-0.3, -0.25) is 0 Å². The molecule has 0 bridgehead atoms. The molecule has 2 atom stereocenters. The van der Waals surface area contributed by atoms with Gasteiger partial charge in [0, 0.05) is 51.3 Å². The molecule has 0 spiro atoms. The van der Waals surface area contributed by atoms with E-state index in [0.717, 1.165) is 52.7 Å². The summed E-state index contributed by atoms with van der Waals surface area (Å²) in [5, 5.41) is 5.83. The third-order valence-corrected chi connectivity index (χ3v) is 10.9. The molecule has 1 saturated heterocycles. The number of ether oxygens (including phenoxy) is 2. The van der Waals surface area contributed by atoms with Gasteiger partial charge in [0.15, 0.2) is 0 Å². The van der Waals surface area contributed by atoms with Crippen LogP contribution >= 0.6 is 0 Å². The molecule has 3 heterocycles. The molecular weight excluding hydrogens is 544 g/mol. The molecule has 1 aliphatic heterocycles. The maximum Gasteiger partial charge on any atom is 0.211 e. The van der Waals surface area contributed by atoms with E-state index in [4.69, 9.17) is 14.6 Å². The Balaban J connectivity index is 1.48. The van der Waals surface area contributed by atoms with Crippen LogP contribution in [0, 0.1) is 0 Å². The highest BCUT2D eigenvalue weighted by atomic mass is 32.2. The maximum absolute atomic E-state index is 12.4. The van der Waals surface area contributed by atoms with E-state index in [2.05, 4.69) is 47.5 Å². The Morgan fingerprint density at radius 2 is 1.77 bits per heavy atom. The van der Waals surface area contributed by atoms with Crippen molar-refractivity contribution < 1.29 is 17.9 Å². The van der Waals surface area contributed by atoms with E-state index in [1.54, 1.807) is 10.6 Å². The summed E-state index contributed by atoms with van der Waals surface area (Å²) in [5.74, 6) is 1.58. The fourth-order valence-corrected chi connectivity index (χ4v) is 7.63. The predicted octanol–water partition coefficient (Wildman–Crippen LogP) is 4.60. The van der Waals surface area contributed by atoms with Gasteiger partial charge in [0.25, 0.3) is 0 Å². The number of benzene rings is 1. The Labute approximate surface area is 238 Å². The number of hydrogen-bond donors (Lipinski definition) is 0. The predicted molar refractivity (Wildman–Crippen MR) is 161 cm³/mol. The molecule has 0 unspecified atom stereocenters. The number of sulfonamides is 1. The summed E-state index contributed by atoms with van der Waals surface area (Å²) in [4.78, 5) is 11.4. The summed E-state index contributed by atoms with van der Waals surface area (Å²) in [7, 11) is -4.52. The van der Waals surface area contributed by atoms with Crippen molar-refractivity contribution in [1.82, 2.24) is 24.1 Å². The van der Waals surface area contributed by atoms with E-state index >= 15 is 0 Å². The lowest BCUT2D eigenvalue weighted by Gasteiger charge is -2.43. The Morgan fingerprint density at radius 3 is 2.40 bits per heavy atom. The molecule has 2 aliphatic rings. The average Bonchev–Trinajstić information content (AvgIpc) is 3.46. The molecule has 10 nitrogen and oxygen atoms in total. The quantitative estimate of drug-likeness (QED) is 0.251. The lowest BCUT2D eigenvalue weighted by atomic mass is 10.1. The summed E-state index contributed by atoms with van der Waals surface area (Å²) in [5.41, 5.74) is 2.35. The van der Waals surface area contributed by atoms with Crippen molar-refractivity contribution in [2.24, 2.45) is 0 Å². The Bertz CT molecular complexity index is 1470. The van der Waals surface area contributed by atoms with Gasteiger partial charge in [-0.2, -0.15) is 9.40 Å². The minimum atomic E-state index is -3.30. The zero-order chi connectivity index (χ0) is 28.9. The second-order valence-corrected chi connectivity index (χ2v) is 20.4. The number of anilines is 1. The highest BCUT2D eigenvalue weighted by Gasteiger charge is 2.40. The van der Waals surface area contributed by atoms with Gasteiger partial charge in [-0.25, -0.2) is 23.1 Å². The first-order chi connectivity index (χ1) is 18.7. The van der Waals surface area contributed by atoms with Crippen molar-refractivity contribution in [3.05, 3.63) is 30.6 Å². The van der Waals surface area contributed by atoms with Crippen LogP contribution in [-0.4, -0.2) is 84.2 Å². The topological polar surface area (TPSA) is 103 Å². The van der Waals surface area contributed by atoms with Crippen molar-refractivity contribution in [2.45, 2.75) is 83.7 Å². The molecule has 0 radical (unpaired) electrons.